The van der Waals surface area contributed by atoms with Crippen LogP contribution < -0.4 is 16.4 Å². The number of nitrogens with two attached hydrogens (primary N) is 1. The van der Waals surface area contributed by atoms with Gasteiger partial charge in [0.1, 0.15) is 11.9 Å². The Labute approximate surface area is 244 Å². The van der Waals surface area contributed by atoms with Crippen LogP contribution >= 0.6 is 11.3 Å². The molecule has 2 heterocycles. The predicted octanol–water partition coefficient (Wildman–Crippen LogP) is 4.15. The van der Waals surface area contributed by atoms with Crippen molar-refractivity contribution in [3.63, 3.8) is 0 Å². The fraction of sp³-hybridized carbons (Fsp3) is 0.267. The van der Waals surface area contributed by atoms with E-state index in [9.17, 15) is 23.2 Å². The average molecular weight is 594 g/mol. The third kappa shape index (κ3) is 6.39. The Morgan fingerprint density at radius 2 is 1.74 bits per heavy atom. The SMILES string of the molecule is CC(NC(=O)[C@@H]1C[C@@H](OC(F)F)CN1C(=O)CNC(=O)c1ccc2cc3ccccc3cc2c1)c1cc(C(=N)N)cs1. The maximum atomic E-state index is 13.2. The fourth-order valence-electron chi connectivity index (χ4n) is 5.11. The number of carbonyl (C=O) groups excluding carboxylic acids is 3. The second kappa shape index (κ2) is 12.2. The Morgan fingerprint density at radius 3 is 2.40 bits per heavy atom. The van der Waals surface area contributed by atoms with E-state index in [1.54, 1.807) is 30.5 Å². The number of likely N-dealkylation sites (tertiary alicyclic amines) is 1. The fourth-order valence-corrected chi connectivity index (χ4v) is 6.02. The normalized spacial score (nSPS) is 17.5. The van der Waals surface area contributed by atoms with E-state index in [1.165, 1.54) is 11.3 Å². The molecule has 3 amide bonds. The van der Waals surface area contributed by atoms with Crippen molar-refractivity contribution in [1.82, 2.24) is 15.5 Å². The zero-order valence-electron chi connectivity index (χ0n) is 22.6. The Kier molecular flexibility index (Phi) is 8.46. The van der Waals surface area contributed by atoms with Crippen LogP contribution in [0.3, 0.4) is 0 Å². The molecule has 0 spiro atoms. The van der Waals surface area contributed by atoms with E-state index in [0.717, 1.165) is 31.3 Å². The molecule has 5 rings (SSSR count). The lowest BCUT2D eigenvalue weighted by Crippen LogP contribution is -2.49. The zero-order chi connectivity index (χ0) is 30.0. The highest BCUT2D eigenvalue weighted by atomic mass is 32.1. The molecule has 1 aromatic heterocycles. The molecule has 218 valence electrons. The molecule has 1 unspecified atom stereocenters. The number of nitrogen functional groups attached to an aromatic ring is 1. The van der Waals surface area contributed by atoms with Gasteiger partial charge in [0.25, 0.3) is 5.91 Å². The van der Waals surface area contributed by atoms with Crippen molar-refractivity contribution >= 4 is 56.4 Å². The molecule has 3 atom stereocenters. The second-order valence-corrected chi connectivity index (χ2v) is 11.1. The lowest BCUT2D eigenvalue weighted by atomic mass is 10.0. The van der Waals surface area contributed by atoms with Crippen LogP contribution in [0.25, 0.3) is 21.5 Å². The molecular formula is C30H29F2N5O4S. The molecular weight excluding hydrogens is 564 g/mol. The Bertz CT molecular complexity index is 1680. The van der Waals surface area contributed by atoms with Gasteiger partial charge in [-0.15, -0.1) is 11.3 Å². The van der Waals surface area contributed by atoms with Crippen molar-refractivity contribution in [2.75, 3.05) is 13.1 Å². The lowest BCUT2D eigenvalue weighted by Gasteiger charge is -2.25. The Hall–Kier alpha value is -4.42. The molecule has 1 saturated heterocycles. The number of benzene rings is 3. The van der Waals surface area contributed by atoms with Gasteiger partial charge >= 0.3 is 6.61 Å². The Balaban J connectivity index is 1.26. The minimum Gasteiger partial charge on any atom is -0.384 e. The number of ether oxygens (including phenoxy) is 1. The summed E-state index contributed by atoms with van der Waals surface area (Å²) in [5, 5.41) is 18.6. The van der Waals surface area contributed by atoms with Crippen LogP contribution in [0.4, 0.5) is 8.78 Å². The lowest BCUT2D eigenvalue weighted by molar-refractivity contribution is -0.160. The molecule has 3 aromatic carbocycles. The molecule has 42 heavy (non-hydrogen) atoms. The van der Waals surface area contributed by atoms with Crippen LogP contribution in [0, 0.1) is 5.41 Å². The van der Waals surface area contributed by atoms with E-state index in [0.29, 0.717) is 11.1 Å². The first-order chi connectivity index (χ1) is 20.1. The first kappa shape index (κ1) is 29.1. The number of amidine groups is 1. The predicted molar refractivity (Wildman–Crippen MR) is 157 cm³/mol. The molecule has 12 heteroatoms. The number of thiophene rings is 1. The number of nitrogens with zero attached hydrogens (tertiary/aromatic N) is 1. The van der Waals surface area contributed by atoms with E-state index in [4.69, 9.17) is 11.1 Å². The maximum Gasteiger partial charge on any atom is 0.345 e. The van der Waals surface area contributed by atoms with Crippen LogP contribution in [0.2, 0.25) is 0 Å². The molecule has 1 aliphatic rings. The summed E-state index contributed by atoms with van der Waals surface area (Å²) in [7, 11) is 0. The number of fused-ring (bicyclic) bond motifs is 2. The van der Waals surface area contributed by atoms with Gasteiger partial charge in [0.2, 0.25) is 11.8 Å². The van der Waals surface area contributed by atoms with Gasteiger partial charge in [-0.25, -0.2) is 0 Å². The number of alkyl halides is 2. The maximum absolute atomic E-state index is 13.2. The number of carbonyl (C=O) groups is 3. The topological polar surface area (TPSA) is 138 Å². The highest BCUT2D eigenvalue weighted by Crippen LogP contribution is 2.26. The Morgan fingerprint density at radius 1 is 1.05 bits per heavy atom. The zero-order valence-corrected chi connectivity index (χ0v) is 23.4. The van der Waals surface area contributed by atoms with Gasteiger partial charge in [0.15, 0.2) is 0 Å². The van der Waals surface area contributed by atoms with Gasteiger partial charge in [-0.2, -0.15) is 8.78 Å². The summed E-state index contributed by atoms with van der Waals surface area (Å²) < 4.78 is 30.6. The highest BCUT2D eigenvalue weighted by molar-refractivity contribution is 7.10. The van der Waals surface area contributed by atoms with E-state index in [1.807, 2.05) is 42.5 Å². The van der Waals surface area contributed by atoms with Gasteiger partial charge in [0.05, 0.1) is 18.7 Å². The molecule has 1 fully saturated rings. The van der Waals surface area contributed by atoms with Crippen LogP contribution in [0.5, 0.6) is 0 Å². The number of halogens is 2. The van der Waals surface area contributed by atoms with Crippen LogP contribution in [-0.4, -0.2) is 60.3 Å². The first-order valence-electron chi connectivity index (χ1n) is 13.3. The summed E-state index contributed by atoms with van der Waals surface area (Å²) >= 11 is 1.31. The number of amides is 3. The average Bonchev–Trinajstić information content (AvgIpc) is 3.62. The van der Waals surface area contributed by atoms with Gasteiger partial charge in [-0.1, -0.05) is 30.3 Å². The summed E-state index contributed by atoms with van der Waals surface area (Å²) in [6.45, 7) is -1.98. The summed E-state index contributed by atoms with van der Waals surface area (Å²) in [5.41, 5.74) is 6.40. The van der Waals surface area contributed by atoms with E-state index in [-0.39, 0.29) is 18.8 Å². The molecule has 9 nitrogen and oxygen atoms in total. The van der Waals surface area contributed by atoms with E-state index >= 15 is 0 Å². The first-order valence-corrected chi connectivity index (χ1v) is 14.1. The number of rotatable bonds is 9. The second-order valence-electron chi connectivity index (χ2n) is 10.1. The standard InChI is InChI=1S/C30H29F2N5O4S/c1-16(25-11-22(15-42-25)27(33)34)36-29(40)24-12-23(41-30(31)32)14-37(24)26(38)13-35-28(39)20-7-6-19-8-17-4-2-3-5-18(17)9-21(19)10-20/h2-11,15-16,23-24,30H,12-14H2,1H3,(H3,33,34)(H,35,39)(H,36,40)/t16?,23-,24+/m1/s1. The summed E-state index contributed by atoms with van der Waals surface area (Å²) in [4.78, 5) is 41.2. The van der Waals surface area contributed by atoms with Crippen molar-refractivity contribution in [3.8, 4) is 0 Å². The smallest absolute Gasteiger partial charge is 0.345 e. The number of nitrogens with one attached hydrogen (secondary N) is 3. The molecule has 0 saturated carbocycles. The van der Waals surface area contributed by atoms with Gasteiger partial charge in [-0.3, -0.25) is 19.8 Å². The van der Waals surface area contributed by atoms with Crippen LogP contribution in [0.1, 0.15) is 40.2 Å². The molecule has 5 N–H and O–H groups in total. The van der Waals surface area contributed by atoms with Gasteiger partial charge in [-0.05, 0) is 58.8 Å². The van der Waals surface area contributed by atoms with Crippen LogP contribution in [0.15, 0.2) is 66.0 Å². The quantitative estimate of drug-likeness (QED) is 0.131. The molecule has 4 aromatic rings. The number of hydrogen-bond acceptors (Lipinski definition) is 6. The third-order valence-electron chi connectivity index (χ3n) is 7.26. The molecule has 1 aliphatic heterocycles. The van der Waals surface area contributed by atoms with Gasteiger partial charge in [0, 0.05) is 34.3 Å². The van der Waals surface area contributed by atoms with Crippen molar-refractivity contribution < 1.29 is 27.9 Å². The minimum atomic E-state index is -3.06. The summed E-state index contributed by atoms with van der Waals surface area (Å²) in [5.74, 6) is -1.72. The monoisotopic (exact) mass is 593 g/mol. The van der Waals surface area contributed by atoms with Crippen molar-refractivity contribution in [1.29, 1.82) is 5.41 Å². The number of hydrogen-bond donors (Lipinski definition) is 4. The third-order valence-corrected chi connectivity index (χ3v) is 8.38. The van der Waals surface area contributed by atoms with Crippen molar-refractivity contribution in [3.05, 3.63) is 82.0 Å². The largest absolute Gasteiger partial charge is 0.384 e. The van der Waals surface area contributed by atoms with Crippen molar-refractivity contribution in [2.45, 2.75) is 38.1 Å². The summed E-state index contributed by atoms with van der Waals surface area (Å²) in [6.07, 6.45) is -1.17. The van der Waals surface area contributed by atoms with Crippen molar-refractivity contribution in [2.24, 2.45) is 5.73 Å². The van der Waals surface area contributed by atoms with Gasteiger partial charge < -0.3 is 26.0 Å². The highest BCUT2D eigenvalue weighted by Gasteiger charge is 2.41. The summed E-state index contributed by atoms with van der Waals surface area (Å²) in [6, 6.07) is 17.3. The van der Waals surface area contributed by atoms with Crippen LogP contribution in [-0.2, 0) is 14.3 Å². The minimum absolute atomic E-state index is 0.102. The van der Waals surface area contributed by atoms with E-state index < -0.39 is 49.1 Å². The molecule has 0 radical (unpaired) electrons. The molecule has 0 aliphatic carbocycles. The van der Waals surface area contributed by atoms with E-state index in [2.05, 4.69) is 15.4 Å². The molecule has 0 bridgehead atoms.